The summed E-state index contributed by atoms with van der Waals surface area (Å²) in [6.07, 6.45) is 0.203. The van der Waals surface area contributed by atoms with Crippen LogP contribution in [0.3, 0.4) is 0 Å². The van der Waals surface area contributed by atoms with Crippen LogP contribution in [-0.4, -0.2) is 36.2 Å². The van der Waals surface area contributed by atoms with Crippen molar-refractivity contribution in [2.45, 2.75) is 39.7 Å². The second kappa shape index (κ2) is 4.72. The lowest BCUT2D eigenvalue weighted by molar-refractivity contribution is -0.139. The van der Waals surface area contributed by atoms with Gasteiger partial charge in [0.05, 0.1) is 12.0 Å². The summed E-state index contributed by atoms with van der Waals surface area (Å²) in [4.78, 5) is 10.8. The predicted molar refractivity (Wildman–Crippen MR) is 64.5 cm³/mol. The molecule has 16 heavy (non-hydrogen) atoms. The lowest BCUT2D eigenvalue weighted by Gasteiger charge is -2.45. The fourth-order valence-electron chi connectivity index (χ4n) is 1.65. The molecule has 0 aromatic carbocycles. The molecule has 0 spiro atoms. The fourth-order valence-corrected chi connectivity index (χ4v) is 1.65. The van der Waals surface area contributed by atoms with Crippen LogP contribution in [0.2, 0.25) is 0 Å². The van der Waals surface area contributed by atoms with Gasteiger partial charge in [-0.15, -0.1) is 0 Å². The molecule has 1 fully saturated rings. The van der Waals surface area contributed by atoms with Crippen molar-refractivity contribution in [3.63, 3.8) is 0 Å². The molecule has 0 unspecified atom stereocenters. The molecule has 0 radical (unpaired) electrons. The van der Waals surface area contributed by atoms with E-state index in [-0.39, 0.29) is 17.4 Å². The van der Waals surface area contributed by atoms with Crippen molar-refractivity contribution in [1.82, 2.24) is 10.6 Å². The van der Waals surface area contributed by atoms with Crippen LogP contribution in [0.15, 0.2) is 0 Å². The molecule has 0 saturated carbocycles. The first-order chi connectivity index (χ1) is 7.27. The van der Waals surface area contributed by atoms with Gasteiger partial charge >= 0.3 is 5.97 Å². The number of hydrogen-bond donors (Lipinski definition) is 3. The van der Waals surface area contributed by atoms with E-state index in [0.29, 0.717) is 5.92 Å². The SMILES string of the molecule is CC(C)C(C)(C)CNC1(CC(=O)O)CNC1. The van der Waals surface area contributed by atoms with Crippen LogP contribution in [0, 0.1) is 11.3 Å². The summed E-state index contributed by atoms with van der Waals surface area (Å²) in [6.45, 7) is 11.2. The Labute approximate surface area is 97.8 Å². The zero-order valence-electron chi connectivity index (χ0n) is 10.8. The quantitative estimate of drug-likeness (QED) is 0.636. The normalized spacial score (nSPS) is 19.6. The Hall–Kier alpha value is -0.610. The van der Waals surface area contributed by atoms with Gasteiger partial charge < -0.3 is 15.7 Å². The molecule has 1 rings (SSSR count). The van der Waals surface area contributed by atoms with Crippen molar-refractivity contribution in [2.75, 3.05) is 19.6 Å². The highest BCUT2D eigenvalue weighted by Crippen LogP contribution is 2.27. The third-order valence-corrected chi connectivity index (χ3v) is 3.90. The Morgan fingerprint density at radius 2 is 2.06 bits per heavy atom. The monoisotopic (exact) mass is 228 g/mol. The van der Waals surface area contributed by atoms with Gasteiger partial charge in [0, 0.05) is 19.6 Å². The highest BCUT2D eigenvalue weighted by atomic mass is 16.4. The number of carbonyl (C=O) groups is 1. The second-order valence-corrected chi connectivity index (χ2v) is 5.95. The van der Waals surface area contributed by atoms with E-state index in [9.17, 15) is 4.79 Å². The number of carboxylic acids is 1. The van der Waals surface area contributed by atoms with Crippen molar-refractivity contribution in [1.29, 1.82) is 0 Å². The van der Waals surface area contributed by atoms with Crippen molar-refractivity contribution in [3.8, 4) is 0 Å². The number of nitrogens with one attached hydrogen (secondary N) is 2. The lowest BCUT2D eigenvalue weighted by atomic mass is 9.79. The molecule has 0 aliphatic carbocycles. The van der Waals surface area contributed by atoms with Gasteiger partial charge in [-0.25, -0.2) is 0 Å². The maximum atomic E-state index is 10.8. The van der Waals surface area contributed by atoms with Crippen molar-refractivity contribution < 1.29 is 9.90 Å². The average molecular weight is 228 g/mol. The van der Waals surface area contributed by atoms with Gasteiger partial charge in [-0.1, -0.05) is 27.7 Å². The average Bonchev–Trinajstić information content (AvgIpc) is 2.08. The number of rotatable bonds is 6. The Morgan fingerprint density at radius 1 is 1.50 bits per heavy atom. The van der Waals surface area contributed by atoms with Crippen molar-refractivity contribution in [2.24, 2.45) is 11.3 Å². The van der Waals surface area contributed by atoms with Crippen LogP contribution in [-0.2, 0) is 4.79 Å². The topological polar surface area (TPSA) is 61.4 Å². The van der Waals surface area contributed by atoms with E-state index < -0.39 is 5.97 Å². The van der Waals surface area contributed by atoms with Gasteiger partial charge in [0.25, 0.3) is 0 Å². The zero-order chi connectivity index (χ0) is 12.4. The maximum absolute atomic E-state index is 10.8. The minimum Gasteiger partial charge on any atom is -0.481 e. The molecular formula is C12H24N2O2. The van der Waals surface area contributed by atoms with E-state index in [1.165, 1.54) is 0 Å². The minimum absolute atomic E-state index is 0.196. The molecule has 0 aromatic heterocycles. The molecule has 0 atom stereocenters. The first-order valence-electron chi connectivity index (χ1n) is 5.95. The van der Waals surface area contributed by atoms with E-state index >= 15 is 0 Å². The first-order valence-corrected chi connectivity index (χ1v) is 5.95. The van der Waals surface area contributed by atoms with Gasteiger partial charge in [-0.3, -0.25) is 4.79 Å². The van der Waals surface area contributed by atoms with Crippen molar-refractivity contribution >= 4 is 5.97 Å². The number of hydrogen-bond acceptors (Lipinski definition) is 3. The van der Waals surface area contributed by atoms with Crippen LogP contribution >= 0.6 is 0 Å². The van der Waals surface area contributed by atoms with Gasteiger partial charge in [0.1, 0.15) is 0 Å². The number of aliphatic carboxylic acids is 1. The molecule has 3 N–H and O–H groups in total. The molecule has 0 amide bonds. The van der Waals surface area contributed by atoms with E-state index in [2.05, 4.69) is 38.3 Å². The molecule has 4 heteroatoms. The van der Waals surface area contributed by atoms with Crippen molar-refractivity contribution in [3.05, 3.63) is 0 Å². The Morgan fingerprint density at radius 3 is 2.38 bits per heavy atom. The Balaban J connectivity index is 2.49. The first kappa shape index (κ1) is 13.5. The van der Waals surface area contributed by atoms with E-state index in [1.54, 1.807) is 0 Å². The third-order valence-electron chi connectivity index (χ3n) is 3.90. The summed E-state index contributed by atoms with van der Waals surface area (Å²) < 4.78 is 0. The van der Waals surface area contributed by atoms with Crippen LogP contribution in [0.4, 0.5) is 0 Å². The highest BCUT2D eigenvalue weighted by molar-refractivity contribution is 5.68. The second-order valence-electron chi connectivity index (χ2n) is 5.95. The summed E-state index contributed by atoms with van der Waals surface area (Å²) in [5, 5.41) is 15.5. The van der Waals surface area contributed by atoms with E-state index in [4.69, 9.17) is 5.11 Å². The summed E-state index contributed by atoms with van der Waals surface area (Å²) in [7, 11) is 0. The van der Waals surface area contributed by atoms with Crippen LogP contribution in [0.25, 0.3) is 0 Å². The molecule has 94 valence electrons. The summed E-state index contributed by atoms with van der Waals surface area (Å²) in [5.41, 5.74) is -0.0287. The Bertz CT molecular complexity index is 258. The van der Waals surface area contributed by atoms with Crippen LogP contribution in [0.1, 0.15) is 34.1 Å². The smallest absolute Gasteiger partial charge is 0.305 e. The molecule has 1 saturated heterocycles. The largest absolute Gasteiger partial charge is 0.481 e. The molecule has 1 heterocycles. The third kappa shape index (κ3) is 3.19. The molecule has 1 aliphatic rings. The van der Waals surface area contributed by atoms with Gasteiger partial charge in [-0.2, -0.15) is 0 Å². The summed E-state index contributed by atoms with van der Waals surface area (Å²) >= 11 is 0. The van der Waals surface area contributed by atoms with Gasteiger partial charge in [0.2, 0.25) is 0 Å². The highest BCUT2D eigenvalue weighted by Gasteiger charge is 2.40. The summed E-state index contributed by atoms with van der Waals surface area (Å²) in [5.74, 6) is -0.147. The standard InChI is InChI=1S/C12H24N2O2/c1-9(2)11(3,4)6-14-12(5-10(15)16)7-13-8-12/h9,13-14H,5-8H2,1-4H3,(H,15,16). The molecule has 4 nitrogen and oxygen atoms in total. The molecule has 1 aliphatic heterocycles. The summed E-state index contributed by atoms with van der Waals surface area (Å²) in [6, 6.07) is 0. The Kier molecular flexibility index (Phi) is 3.97. The maximum Gasteiger partial charge on any atom is 0.305 e. The van der Waals surface area contributed by atoms with Crippen LogP contribution in [0.5, 0.6) is 0 Å². The van der Waals surface area contributed by atoms with Gasteiger partial charge in [-0.05, 0) is 11.3 Å². The van der Waals surface area contributed by atoms with Crippen LogP contribution < -0.4 is 10.6 Å². The zero-order valence-corrected chi connectivity index (χ0v) is 10.8. The fraction of sp³-hybridized carbons (Fsp3) is 0.917. The van der Waals surface area contributed by atoms with E-state index in [1.807, 2.05) is 0 Å². The van der Waals surface area contributed by atoms with E-state index in [0.717, 1.165) is 19.6 Å². The predicted octanol–water partition coefficient (Wildman–Crippen LogP) is 1.07. The molecule has 0 aromatic rings. The number of carboxylic acid groups (broad SMARTS) is 1. The molecule has 0 bridgehead atoms. The minimum atomic E-state index is -0.726. The lowest BCUT2D eigenvalue weighted by Crippen LogP contribution is -2.69. The van der Waals surface area contributed by atoms with Gasteiger partial charge in [0.15, 0.2) is 0 Å². The molecular weight excluding hydrogens is 204 g/mol.